The first-order valence-corrected chi connectivity index (χ1v) is 10.5. The SMILES string of the molecule is Nc1cc(-c2nc(C(F)(F)F)n(/C=C/[C@@H](O)C[C@@H](O)CC(=O)O)c2-c2cccc(C(F)(F)F)c2)ccn1. The molecule has 0 saturated carbocycles. The fourth-order valence-electron chi connectivity index (χ4n) is 3.52. The van der Waals surface area contributed by atoms with Crippen molar-refractivity contribution in [2.75, 3.05) is 5.73 Å². The molecule has 3 aromatic rings. The summed E-state index contributed by atoms with van der Waals surface area (Å²) in [6.45, 7) is 0. The Morgan fingerprint density at radius 2 is 1.76 bits per heavy atom. The van der Waals surface area contributed by atoms with Gasteiger partial charge in [0, 0.05) is 29.9 Å². The van der Waals surface area contributed by atoms with Gasteiger partial charge in [0.2, 0.25) is 5.82 Å². The van der Waals surface area contributed by atoms with Crippen molar-refractivity contribution in [2.45, 2.75) is 37.4 Å². The summed E-state index contributed by atoms with van der Waals surface area (Å²) >= 11 is 0. The molecule has 0 aliphatic heterocycles. The number of imidazole rings is 1. The predicted molar refractivity (Wildman–Crippen MR) is 120 cm³/mol. The standard InChI is InChI=1S/C23H20F6N4O4/c24-22(25,26)14-3-1-2-13(8-14)20-19(12-4-6-31-17(30)9-12)32-21(23(27,28)29)33(20)7-5-15(34)10-16(35)11-18(36)37/h1-9,15-16,34-35H,10-11H2,(H2,30,31)(H,36,37)/b7-5+/t15-,16-/m1/s1. The zero-order chi connectivity index (χ0) is 27.5. The van der Waals surface area contributed by atoms with Gasteiger partial charge in [-0.1, -0.05) is 12.1 Å². The number of aliphatic hydroxyl groups excluding tert-OH is 2. The number of hydrogen-bond acceptors (Lipinski definition) is 6. The van der Waals surface area contributed by atoms with Gasteiger partial charge in [-0.25, -0.2) is 9.97 Å². The number of pyridine rings is 1. The van der Waals surface area contributed by atoms with E-state index in [-0.39, 0.29) is 22.6 Å². The summed E-state index contributed by atoms with van der Waals surface area (Å²) in [5.41, 5.74) is 3.55. The van der Waals surface area contributed by atoms with E-state index in [0.29, 0.717) is 10.6 Å². The number of benzene rings is 1. The van der Waals surface area contributed by atoms with Gasteiger partial charge in [-0.15, -0.1) is 0 Å². The van der Waals surface area contributed by atoms with Crippen molar-refractivity contribution in [2.24, 2.45) is 0 Å². The fraction of sp³-hybridized carbons (Fsp3) is 0.261. The maximum atomic E-state index is 14.0. The summed E-state index contributed by atoms with van der Waals surface area (Å²) in [5.74, 6) is -2.94. The van der Waals surface area contributed by atoms with Crippen LogP contribution in [0.25, 0.3) is 28.7 Å². The van der Waals surface area contributed by atoms with Gasteiger partial charge in [0.25, 0.3) is 0 Å². The number of anilines is 1. The number of carboxylic acid groups (broad SMARTS) is 1. The lowest BCUT2D eigenvalue weighted by Crippen LogP contribution is -2.19. The van der Waals surface area contributed by atoms with Crippen LogP contribution in [-0.4, -0.2) is 48.0 Å². The molecule has 0 saturated heterocycles. The van der Waals surface area contributed by atoms with Crippen molar-refractivity contribution in [1.29, 1.82) is 0 Å². The Morgan fingerprint density at radius 1 is 1.05 bits per heavy atom. The molecule has 0 fully saturated rings. The average Bonchev–Trinajstić information content (AvgIpc) is 3.17. The second-order valence-electron chi connectivity index (χ2n) is 7.94. The highest BCUT2D eigenvalue weighted by molar-refractivity contribution is 5.81. The number of halogens is 6. The van der Waals surface area contributed by atoms with E-state index in [1.165, 1.54) is 18.3 Å². The highest BCUT2D eigenvalue weighted by Crippen LogP contribution is 2.40. The van der Waals surface area contributed by atoms with Gasteiger partial charge < -0.3 is 21.1 Å². The Balaban J connectivity index is 2.23. The minimum Gasteiger partial charge on any atom is -0.481 e. The minimum absolute atomic E-state index is 0.0370. The van der Waals surface area contributed by atoms with Crippen molar-refractivity contribution in [3.05, 3.63) is 60.1 Å². The van der Waals surface area contributed by atoms with Gasteiger partial charge in [-0.3, -0.25) is 9.36 Å². The lowest BCUT2D eigenvalue weighted by Gasteiger charge is -2.14. The van der Waals surface area contributed by atoms with E-state index < -0.39 is 60.5 Å². The molecule has 0 radical (unpaired) electrons. The molecule has 0 amide bonds. The molecule has 2 heterocycles. The van der Waals surface area contributed by atoms with E-state index in [0.717, 1.165) is 30.5 Å². The number of hydrogen-bond donors (Lipinski definition) is 4. The summed E-state index contributed by atoms with van der Waals surface area (Å²) in [4.78, 5) is 18.1. The van der Waals surface area contributed by atoms with Gasteiger partial charge in [0.15, 0.2) is 0 Å². The topological polar surface area (TPSA) is 134 Å². The third kappa shape index (κ3) is 6.86. The Hall–Kier alpha value is -3.91. The van der Waals surface area contributed by atoms with Crippen molar-refractivity contribution in [1.82, 2.24) is 14.5 Å². The van der Waals surface area contributed by atoms with Gasteiger partial charge in [-0.2, -0.15) is 26.3 Å². The summed E-state index contributed by atoms with van der Waals surface area (Å²) in [6.07, 6.45) is -11.4. The van der Waals surface area contributed by atoms with Crippen LogP contribution in [0.3, 0.4) is 0 Å². The van der Waals surface area contributed by atoms with Crippen LogP contribution in [-0.2, 0) is 17.1 Å². The Bertz CT molecular complexity index is 1300. The molecule has 198 valence electrons. The van der Waals surface area contributed by atoms with E-state index in [1.54, 1.807) is 0 Å². The smallest absolute Gasteiger partial charge is 0.450 e. The molecule has 0 unspecified atom stereocenters. The van der Waals surface area contributed by atoms with Gasteiger partial charge in [0.05, 0.1) is 35.6 Å². The lowest BCUT2D eigenvalue weighted by molar-refractivity contribution is -0.145. The summed E-state index contributed by atoms with van der Waals surface area (Å²) in [5, 5.41) is 28.5. The molecular formula is C23H20F6N4O4. The van der Waals surface area contributed by atoms with Crippen LogP contribution in [0.2, 0.25) is 0 Å². The lowest BCUT2D eigenvalue weighted by atomic mass is 10.0. The molecule has 5 N–H and O–H groups in total. The maximum Gasteiger partial charge on any atom is 0.450 e. The average molecular weight is 530 g/mol. The van der Waals surface area contributed by atoms with Crippen LogP contribution in [0.5, 0.6) is 0 Å². The number of carbonyl (C=O) groups is 1. The van der Waals surface area contributed by atoms with Gasteiger partial charge >= 0.3 is 18.3 Å². The second kappa shape index (κ2) is 10.6. The van der Waals surface area contributed by atoms with Crippen molar-refractivity contribution >= 4 is 18.0 Å². The molecule has 14 heteroatoms. The van der Waals surface area contributed by atoms with Crippen LogP contribution < -0.4 is 5.73 Å². The molecule has 0 aliphatic rings. The van der Waals surface area contributed by atoms with E-state index >= 15 is 0 Å². The summed E-state index contributed by atoms with van der Waals surface area (Å²) in [7, 11) is 0. The largest absolute Gasteiger partial charge is 0.481 e. The first-order valence-electron chi connectivity index (χ1n) is 10.5. The molecule has 0 aliphatic carbocycles. The third-order valence-corrected chi connectivity index (χ3v) is 5.06. The molecule has 8 nitrogen and oxygen atoms in total. The number of aromatic nitrogens is 3. The highest BCUT2D eigenvalue weighted by Gasteiger charge is 2.39. The molecule has 3 rings (SSSR count). The summed E-state index contributed by atoms with van der Waals surface area (Å²) < 4.78 is 82.6. The summed E-state index contributed by atoms with van der Waals surface area (Å²) in [6, 6.07) is 6.07. The minimum atomic E-state index is -5.08. The van der Waals surface area contributed by atoms with Crippen molar-refractivity contribution in [3.63, 3.8) is 0 Å². The zero-order valence-electron chi connectivity index (χ0n) is 18.7. The van der Waals surface area contributed by atoms with Gasteiger partial charge in [0.1, 0.15) is 5.82 Å². The quantitative estimate of drug-likeness (QED) is 0.319. The van der Waals surface area contributed by atoms with Crippen molar-refractivity contribution in [3.8, 4) is 22.5 Å². The molecule has 2 atom stereocenters. The number of carboxylic acids is 1. The molecule has 1 aromatic carbocycles. The molecule has 37 heavy (non-hydrogen) atoms. The van der Waals surface area contributed by atoms with E-state index in [2.05, 4.69) is 9.97 Å². The van der Waals surface area contributed by atoms with Crippen LogP contribution in [0.1, 0.15) is 24.2 Å². The number of alkyl halides is 6. The second-order valence-corrected chi connectivity index (χ2v) is 7.94. The number of aliphatic hydroxyl groups is 2. The molecule has 2 aromatic heterocycles. The normalized spacial score (nSPS) is 14.2. The Morgan fingerprint density at radius 3 is 2.35 bits per heavy atom. The first-order chi connectivity index (χ1) is 17.2. The van der Waals surface area contributed by atoms with Gasteiger partial charge in [-0.05, 0) is 30.3 Å². The predicted octanol–water partition coefficient (Wildman–Crippen LogP) is 4.29. The Labute approximate surface area is 205 Å². The maximum absolute atomic E-state index is 14.0. The first kappa shape index (κ1) is 27.7. The fourth-order valence-corrected chi connectivity index (χ4v) is 3.52. The van der Waals surface area contributed by atoms with Crippen LogP contribution in [0.15, 0.2) is 48.7 Å². The zero-order valence-corrected chi connectivity index (χ0v) is 18.7. The molecular weight excluding hydrogens is 510 g/mol. The van der Waals surface area contributed by atoms with E-state index in [4.69, 9.17) is 10.8 Å². The third-order valence-electron chi connectivity index (χ3n) is 5.06. The number of nitrogens with two attached hydrogens (primary N) is 1. The number of aliphatic carboxylic acids is 1. The van der Waals surface area contributed by atoms with Crippen LogP contribution in [0, 0.1) is 0 Å². The molecule has 0 bridgehead atoms. The van der Waals surface area contributed by atoms with Crippen LogP contribution >= 0.6 is 0 Å². The Kier molecular flexibility index (Phi) is 7.93. The number of nitrogen functional groups attached to an aromatic ring is 1. The van der Waals surface area contributed by atoms with E-state index in [9.17, 15) is 41.4 Å². The highest BCUT2D eigenvalue weighted by atomic mass is 19.4. The molecule has 0 spiro atoms. The van der Waals surface area contributed by atoms with E-state index in [1.807, 2.05) is 0 Å². The number of rotatable bonds is 8. The monoisotopic (exact) mass is 530 g/mol. The van der Waals surface area contributed by atoms with Crippen molar-refractivity contribution < 1.29 is 46.5 Å². The number of nitrogens with zero attached hydrogens (tertiary/aromatic N) is 3. The van der Waals surface area contributed by atoms with Crippen LogP contribution in [0.4, 0.5) is 32.2 Å².